The highest BCUT2D eigenvalue weighted by Crippen LogP contribution is 2.46. The number of para-hydroxylation sites is 1. The van der Waals surface area contributed by atoms with Crippen molar-refractivity contribution in [1.82, 2.24) is 5.32 Å². The molecule has 1 unspecified atom stereocenters. The Balaban J connectivity index is 1.90. The summed E-state index contributed by atoms with van der Waals surface area (Å²) in [4.78, 5) is 23.0. The van der Waals surface area contributed by atoms with Crippen molar-refractivity contribution < 1.29 is 19.4 Å². The predicted octanol–water partition coefficient (Wildman–Crippen LogP) is 2.13. The monoisotopic (exact) mass is 291 g/mol. The molecule has 1 saturated carbocycles. The van der Waals surface area contributed by atoms with Crippen LogP contribution in [-0.4, -0.2) is 29.6 Å². The standard InChI is InChI=1S/C16H21NO4/c1-3-12(21-13-7-5-4-6-11(13)2)10-17-14(18)16(8-9-16)15(19)20/h4-7,12H,3,8-10H2,1-2H3,(H,17,18)(H,19,20). The quantitative estimate of drug-likeness (QED) is 0.755. The summed E-state index contributed by atoms with van der Waals surface area (Å²) >= 11 is 0. The van der Waals surface area contributed by atoms with E-state index in [1.54, 1.807) is 0 Å². The van der Waals surface area contributed by atoms with Gasteiger partial charge in [-0.1, -0.05) is 25.1 Å². The first-order valence-electron chi connectivity index (χ1n) is 7.23. The van der Waals surface area contributed by atoms with Crippen LogP contribution in [0.25, 0.3) is 0 Å². The minimum absolute atomic E-state index is 0.167. The van der Waals surface area contributed by atoms with Gasteiger partial charge in [-0.2, -0.15) is 0 Å². The summed E-state index contributed by atoms with van der Waals surface area (Å²) in [6.07, 6.45) is 1.40. The number of rotatable bonds is 7. The van der Waals surface area contributed by atoms with Crippen LogP contribution in [0.2, 0.25) is 0 Å². The number of carbonyl (C=O) groups excluding carboxylic acids is 1. The van der Waals surface area contributed by atoms with E-state index < -0.39 is 17.3 Å². The van der Waals surface area contributed by atoms with Crippen molar-refractivity contribution in [3.05, 3.63) is 29.8 Å². The minimum Gasteiger partial charge on any atom is -0.488 e. The largest absolute Gasteiger partial charge is 0.488 e. The Labute approximate surface area is 124 Å². The predicted molar refractivity (Wildman–Crippen MR) is 78.2 cm³/mol. The molecule has 1 aromatic rings. The fraction of sp³-hybridized carbons (Fsp3) is 0.500. The highest BCUT2D eigenvalue weighted by atomic mass is 16.5. The molecule has 1 aromatic carbocycles. The van der Waals surface area contributed by atoms with Gasteiger partial charge in [0.25, 0.3) is 0 Å². The summed E-state index contributed by atoms with van der Waals surface area (Å²) in [7, 11) is 0. The Morgan fingerprint density at radius 2 is 2.05 bits per heavy atom. The molecule has 0 aliphatic heterocycles. The molecule has 0 bridgehead atoms. The maximum absolute atomic E-state index is 12.0. The lowest BCUT2D eigenvalue weighted by Gasteiger charge is -2.20. The topological polar surface area (TPSA) is 75.6 Å². The second kappa shape index (κ2) is 6.16. The third kappa shape index (κ3) is 3.35. The Hall–Kier alpha value is -2.04. The molecule has 1 fully saturated rings. The van der Waals surface area contributed by atoms with Gasteiger partial charge < -0.3 is 15.2 Å². The Bertz CT molecular complexity index is 537. The number of hydrogen-bond acceptors (Lipinski definition) is 3. The molecule has 5 nitrogen and oxygen atoms in total. The molecule has 2 rings (SSSR count). The Kier molecular flexibility index (Phi) is 4.50. The first-order chi connectivity index (χ1) is 9.99. The molecule has 0 saturated heterocycles. The van der Waals surface area contributed by atoms with Crippen LogP contribution < -0.4 is 10.1 Å². The summed E-state index contributed by atoms with van der Waals surface area (Å²) in [5, 5.41) is 11.8. The second-order valence-corrected chi connectivity index (χ2v) is 5.51. The number of carbonyl (C=O) groups is 2. The van der Waals surface area contributed by atoms with Crippen LogP contribution in [0.3, 0.4) is 0 Å². The van der Waals surface area contributed by atoms with Crippen molar-refractivity contribution >= 4 is 11.9 Å². The van der Waals surface area contributed by atoms with Crippen LogP contribution in [0.15, 0.2) is 24.3 Å². The highest BCUT2D eigenvalue weighted by Gasteiger charge is 2.57. The number of carboxylic acid groups (broad SMARTS) is 1. The lowest BCUT2D eigenvalue weighted by atomic mass is 10.1. The number of benzene rings is 1. The number of aliphatic carboxylic acids is 1. The molecular formula is C16H21NO4. The van der Waals surface area contributed by atoms with Crippen LogP contribution in [0.1, 0.15) is 31.7 Å². The van der Waals surface area contributed by atoms with Crippen molar-refractivity contribution in [1.29, 1.82) is 0 Å². The van der Waals surface area contributed by atoms with Crippen LogP contribution in [0.5, 0.6) is 5.75 Å². The second-order valence-electron chi connectivity index (χ2n) is 5.51. The first-order valence-corrected chi connectivity index (χ1v) is 7.23. The highest BCUT2D eigenvalue weighted by molar-refractivity contribution is 6.04. The molecule has 2 N–H and O–H groups in total. The fourth-order valence-electron chi connectivity index (χ4n) is 2.18. The molecule has 21 heavy (non-hydrogen) atoms. The van der Waals surface area contributed by atoms with Crippen LogP contribution >= 0.6 is 0 Å². The lowest BCUT2D eigenvalue weighted by Crippen LogP contribution is -2.42. The fourth-order valence-corrected chi connectivity index (χ4v) is 2.18. The smallest absolute Gasteiger partial charge is 0.319 e. The number of carboxylic acids is 1. The molecular weight excluding hydrogens is 270 g/mol. The minimum atomic E-state index is -1.19. The Morgan fingerprint density at radius 1 is 1.38 bits per heavy atom. The zero-order valence-electron chi connectivity index (χ0n) is 12.4. The van der Waals surface area contributed by atoms with Crippen molar-refractivity contribution in [2.24, 2.45) is 5.41 Å². The summed E-state index contributed by atoms with van der Waals surface area (Å²) < 4.78 is 5.88. The average molecular weight is 291 g/mol. The van der Waals surface area contributed by atoms with E-state index in [-0.39, 0.29) is 6.10 Å². The van der Waals surface area contributed by atoms with Gasteiger partial charge in [0.15, 0.2) is 0 Å². The number of ether oxygens (including phenoxy) is 1. The molecule has 0 radical (unpaired) electrons. The molecule has 5 heteroatoms. The van der Waals surface area contributed by atoms with E-state index >= 15 is 0 Å². The van der Waals surface area contributed by atoms with E-state index in [1.807, 2.05) is 38.1 Å². The Morgan fingerprint density at radius 3 is 2.57 bits per heavy atom. The zero-order chi connectivity index (χ0) is 15.5. The summed E-state index contributed by atoms with van der Waals surface area (Å²) in [6, 6.07) is 7.69. The van der Waals surface area contributed by atoms with Gasteiger partial charge >= 0.3 is 5.97 Å². The molecule has 1 atom stereocenters. The van der Waals surface area contributed by atoms with E-state index in [4.69, 9.17) is 9.84 Å². The van der Waals surface area contributed by atoms with Gasteiger partial charge in [-0.05, 0) is 37.8 Å². The molecule has 114 valence electrons. The zero-order valence-corrected chi connectivity index (χ0v) is 12.4. The maximum atomic E-state index is 12.0. The van der Waals surface area contributed by atoms with E-state index in [0.717, 1.165) is 17.7 Å². The van der Waals surface area contributed by atoms with Gasteiger partial charge in [-0.15, -0.1) is 0 Å². The van der Waals surface area contributed by atoms with E-state index in [9.17, 15) is 9.59 Å². The number of nitrogens with one attached hydrogen (secondary N) is 1. The van der Waals surface area contributed by atoms with Crippen LogP contribution in [0, 0.1) is 12.3 Å². The third-order valence-electron chi connectivity index (χ3n) is 3.93. The maximum Gasteiger partial charge on any atom is 0.319 e. The first kappa shape index (κ1) is 15.4. The van der Waals surface area contributed by atoms with Gasteiger partial charge in [0.2, 0.25) is 5.91 Å². The molecule has 1 aliphatic rings. The number of amides is 1. The summed E-state index contributed by atoms with van der Waals surface area (Å²) in [6.45, 7) is 4.25. The van der Waals surface area contributed by atoms with Crippen LogP contribution in [-0.2, 0) is 9.59 Å². The molecule has 0 spiro atoms. The van der Waals surface area contributed by atoms with Crippen molar-refractivity contribution in [2.75, 3.05) is 6.54 Å². The van der Waals surface area contributed by atoms with Gasteiger partial charge in [-0.25, -0.2) is 0 Å². The third-order valence-corrected chi connectivity index (χ3v) is 3.93. The van der Waals surface area contributed by atoms with E-state index in [1.165, 1.54) is 0 Å². The van der Waals surface area contributed by atoms with Gasteiger partial charge in [0.1, 0.15) is 17.3 Å². The molecule has 0 heterocycles. The summed E-state index contributed by atoms with van der Waals surface area (Å²) in [5.41, 5.74) is -0.160. The normalized spacial score (nSPS) is 16.9. The lowest BCUT2D eigenvalue weighted by molar-refractivity contribution is -0.149. The van der Waals surface area contributed by atoms with Crippen molar-refractivity contribution in [3.63, 3.8) is 0 Å². The summed E-state index contributed by atoms with van der Waals surface area (Å²) in [5.74, 6) is -0.646. The number of hydrogen-bond donors (Lipinski definition) is 2. The SMILES string of the molecule is CCC(CNC(=O)C1(C(=O)O)CC1)Oc1ccccc1C. The average Bonchev–Trinajstić information content (AvgIpc) is 3.26. The van der Waals surface area contributed by atoms with Crippen LogP contribution in [0.4, 0.5) is 0 Å². The molecule has 1 amide bonds. The van der Waals surface area contributed by atoms with Gasteiger partial charge in [-0.3, -0.25) is 9.59 Å². The van der Waals surface area contributed by atoms with Crippen molar-refractivity contribution in [3.8, 4) is 5.75 Å². The number of aryl methyl sites for hydroxylation is 1. The van der Waals surface area contributed by atoms with Gasteiger partial charge in [0.05, 0.1) is 6.54 Å². The van der Waals surface area contributed by atoms with E-state index in [0.29, 0.717) is 19.4 Å². The molecule has 1 aliphatic carbocycles. The van der Waals surface area contributed by atoms with Crippen molar-refractivity contribution in [2.45, 2.75) is 39.2 Å². The molecule has 0 aromatic heterocycles. The van der Waals surface area contributed by atoms with E-state index in [2.05, 4.69) is 5.32 Å². The van der Waals surface area contributed by atoms with Gasteiger partial charge in [0, 0.05) is 0 Å².